The highest BCUT2D eigenvalue weighted by atomic mass is 16.3. The molecule has 192 valence electrons. The van der Waals surface area contributed by atoms with Crippen molar-refractivity contribution in [2.75, 3.05) is 0 Å². The molecule has 0 saturated heterocycles. The van der Waals surface area contributed by atoms with Crippen LogP contribution in [-0.2, 0) is 0 Å². The van der Waals surface area contributed by atoms with E-state index in [9.17, 15) is 4.79 Å². The minimum atomic E-state index is -0.0175. The van der Waals surface area contributed by atoms with E-state index in [0.717, 1.165) is 60.6 Å². The zero-order valence-electron chi connectivity index (χ0n) is 21.7. The summed E-state index contributed by atoms with van der Waals surface area (Å²) in [5.74, 6) is 0. The molecule has 0 unspecified atom stereocenters. The zero-order valence-corrected chi connectivity index (χ0v) is 21.7. The molecule has 0 aliphatic heterocycles. The molecule has 4 heterocycles. The Kier molecular flexibility index (Phi) is 4.41. The maximum Gasteiger partial charge on any atom is 0.200 e. The normalized spacial score (nSPS) is 12.0. The number of hydrogen-bond acceptors (Lipinski definition) is 4. The molecule has 4 aromatic heterocycles. The monoisotopic (exact) mass is 528 g/mol. The van der Waals surface area contributed by atoms with Crippen LogP contribution in [-0.4, -0.2) is 9.55 Å². The predicted molar refractivity (Wildman–Crippen MR) is 165 cm³/mol. The van der Waals surface area contributed by atoms with Crippen LogP contribution in [0.1, 0.15) is 0 Å². The lowest BCUT2D eigenvalue weighted by atomic mass is 10.0. The smallest absolute Gasteiger partial charge is 0.200 e. The molecule has 5 nitrogen and oxygen atoms in total. The van der Waals surface area contributed by atoms with Crippen molar-refractivity contribution in [2.45, 2.75) is 0 Å². The SMILES string of the molecule is O=c1c2ccccc2oc2ccc(-c3ccc(-n4c5ccncc5c5c6oc7ccccc7c6ccc54)cc3)cc12. The van der Waals surface area contributed by atoms with Crippen LogP contribution in [0.2, 0.25) is 0 Å². The molecular formula is C36H20N2O3. The van der Waals surface area contributed by atoms with Crippen LogP contribution in [0.4, 0.5) is 0 Å². The molecule has 0 aliphatic carbocycles. The molecule has 0 spiro atoms. The van der Waals surface area contributed by atoms with Crippen molar-refractivity contribution < 1.29 is 8.83 Å². The van der Waals surface area contributed by atoms with Crippen molar-refractivity contribution in [1.82, 2.24) is 9.55 Å². The van der Waals surface area contributed by atoms with E-state index < -0.39 is 0 Å². The van der Waals surface area contributed by atoms with Crippen molar-refractivity contribution in [3.8, 4) is 16.8 Å². The summed E-state index contributed by atoms with van der Waals surface area (Å²) in [6, 6.07) is 36.1. The number of rotatable bonds is 2. The standard InChI is InChI=1S/C36H20N2O3/c39-35-26-6-2-4-8-32(26)40-33-16-11-22(19-27(33)35)21-9-12-23(13-10-21)38-29-17-18-37-20-28(29)34-30(38)15-14-25-24-5-1-3-7-31(24)41-36(25)34/h1-20H. The molecule has 41 heavy (non-hydrogen) atoms. The third kappa shape index (κ3) is 3.11. The van der Waals surface area contributed by atoms with Gasteiger partial charge in [0.1, 0.15) is 22.3 Å². The summed E-state index contributed by atoms with van der Waals surface area (Å²) in [7, 11) is 0. The highest BCUT2D eigenvalue weighted by Gasteiger charge is 2.18. The Morgan fingerprint density at radius 2 is 1.29 bits per heavy atom. The summed E-state index contributed by atoms with van der Waals surface area (Å²) >= 11 is 0. The second-order valence-electron chi connectivity index (χ2n) is 10.3. The Morgan fingerprint density at radius 1 is 0.561 bits per heavy atom. The van der Waals surface area contributed by atoms with Crippen molar-refractivity contribution >= 4 is 65.7 Å². The van der Waals surface area contributed by atoms with Gasteiger partial charge in [0.05, 0.1) is 27.2 Å². The van der Waals surface area contributed by atoms with Gasteiger partial charge < -0.3 is 13.4 Å². The van der Waals surface area contributed by atoms with Crippen LogP contribution in [0.3, 0.4) is 0 Å². The van der Waals surface area contributed by atoms with Crippen LogP contribution >= 0.6 is 0 Å². The molecule has 0 fully saturated rings. The summed E-state index contributed by atoms with van der Waals surface area (Å²) < 4.78 is 14.7. The minimum absolute atomic E-state index is 0.0175. The third-order valence-corrected chi connectivity index (χ3v) is 8.11. The minimum Gasteiger partial charge on any atom is -0.456 e. The molecule has 0 aliphatic rings. The lowest BCUT2D eigenvalue weighted by molar-refractivity contribution is 0.660. The summed E-state index contributed by atoms with van der Waals surface area (Å²) in [4.78, 5) is 17.7. The van der Waals surface area contributed by atoms with E-state index >= 15 is 0 Å². The Hall–Kier alpha value is -5.68. The van der Waals surface area contributed by atoms with Crippen molar-refractivity contribution in [2.24, 2.45) is 0 Å². The van der Waals surface area contributed by atoms with Gasteiger partial charge in [-0.05, 0) is 71.8 Å². The lowest BCUT2D eigenvalue weighted by Crippen LogP contribution is -2.02. The summed E-state index contributed by atoms with van der Waals surface area (Å²) in [5, 5.41) is 5.47. The van der Waals surface area contributed by atoms with Gasteiger partial charge >= 0.3 is 0 Å². The first-order valence-electron chi connectivity index (χ1n) is 13.5. The van der Waals surface area contributed by atoms with Crippen LogP contribution < -0.4 is 5.43 Å². The largest absolute Gasteiger partial charge is 0.456 e. The Morgan fingerprint density at radius 3 is 2.15 bits per heavy atom. The number of benzene rings is 5. The van der Waals surface area contributed by atoms with Gasteiger partial charge in [-0.25, -0.2) is 0 Å². The van der Waals surface area contributed by atoms with Crippen LogP contribution in [0.5, 0.6) is 0 Å². The van der Waals surface area contributed by atoms with E-state index in [4.69, 9.17) is 8.83 Å². The summed E-state index contributed by atoms with van der Waals surface area (Å²) in [6.45, 7) is 0. The van der Waals surface area contributed by atoms with Crippen molar-refractivity contribution in [1.29, 1.82) is 0 Å². The van der Waals surface area contributed by atoms with E-state index in [1.165, 1.54) is 0 Å². The van der Waals surface area contributed by atoms with E-state index in [1.807, 2.05) is 79.1 Å². The quantitative estimate of drug-likeness (QED) is 0.210. The highest BCUT2D eigenvalue weighted by molar-refractivity contribution is 6.23. The number of fused-ring (bicyclic) bond motifs is 9. The number of aromatic nitrogens is 2. The van der Waals surface area contributed by atoms with E-state index in [1.54, 1.807) is 0 Å². The summed E-state index contributed by atoms with van der Waals surface area (Å²) in [5.41, 5.74) is 8.05. The number of furan rings is 1. The maximum absolute atomic E-state index is 13.2. The number of hydrogen-bond donors (Lipinski definition) is 0. The highest BCUT2D eigenvalue weighted by Crippen LogP contribution is 2.40. The number of para-hydroxylation sites is 2. The summed E-state index contributed by atoms with van der Waals surface area (Å²) in [6.07, 6.45) is 3.74. The fourth-order valence-corrected chi connectivity index (χ4v) is 6.19. The fraction of sp³-hybridized carbons (Fsp3) is 0. The van der Waals surface area contributed by atoms with Crippen LogP contribution in [0.25, 0.3) is 82.5 Å². The molecule has 0 N–H and O–H groups in total. The van der Waals surface area contributed by atoms with E-state index in [0.29, 0.717) is 21.9 Å². The second kappa shape index (κ2) is 8.16. The Labute approximate surface area is 232 Å². The molecule has 0 saturated carbocycles. The molecule has 5 aromatic carbocycles. The molecule has 9 aromatic rings. The number of nitrogens with zero attached hydrogens (tertiary/aromatic N) is 2. The first kappa shape index (κ1) is 22.2. The second-order valence-corrected chi connectivity index (χ2v) is 10.3. The fourth-order valence-electron chi connectivity index (χ4n) is 6.19. The van der Waals surface area contributed by atoms with Gasteiger partial charge in [0.2, 0.25) is 5.43 Å². The Balaban J connectivity index is 1.22. The molecule has 0 radical (unpaired) electrons. The van der Waals surface area contributed by atoms with Gasteiger partial charge in [-0.2, -0.15) is 0 Å². The van der Waals surface area contributed by atoms with E-state index in [-0.39, 0.29) is 5.43 Å². The van der Waals surface area contributed by atoms with Gasteiger partial charge in [-0.1, -0.05) is 48.5 Å². The topological polar surface area (TPSA) is 61.2 Å². The number of pyridine rings is 1. The molecule has 0 amide bonds. The van der Waals surface area contributed by atoms with E-state index in [2.05, 4.69) is 52.0 Å². The van der Waals surface area contributed by atoms with Crippen molar-refractivity contribution in [3.05, 3.63) is 132 Å². The molecule has 0 bridgehead atoms. The first-order chi connectivity index (χ1) is 20.2. The average Bonchev–Trinajstić information content (AvgIpc) is 3.57. The van der Waals surface area contributed by atoms with Gasteiger partial charge in [0.25, 0.3) is 0 Å². The van der Waals surface area contributed by atoms with Crippen LogP contribution in [0.15, 0.2) is 135 Å². The Bertz CT molecular complexity index is 2550. The molecular weight excluding hydrogens is 508 g/mol. The molecule has 9 rings (SSSR count). The predicted octanol–water partition coefficient (Wildman–Crippen LogP) is 9.00. The lowest BCUT2D eigenvalue weighted by Gasteiger charge is -2.10. The first-order valence-corrected chi connectivity index (χ1v) is 13.5. The van der Waals surface area contributed by atoms with Gasteiger partial charge in [0.15, 0.2) is 0 Å². The zero-order chi connectivity index (χ0) is 27.1. The van der Waals surface area contributed by atoms with Crippen molar-refractivity contribution in [3.63, 3.8) is 0 Å². The maximum atomic E-state index is 13.2. The van der Waals surface area contributed by atoms with Gasteiger partial charge in [-0.3, -0.25) is 9.78 Å². The van der Waals surface area contributed by atoms with Gasteiger partial charge in [0, 0.05) is 34.2 Å². The van der Waals surface area contributed by atoms with Crippen LogP contribution in [0, 0.1) is 0 Å². The third-order valence-electron chi connectivity index (χ3n) is 8.11. The molecule has 5 heteroatoms. The average molecular weight is 529 g/mol. The molecule has 0 atom stereocenters. The van der Waals surface area contributed by atoms with Gasteiger partial charge in [-0.15, -0.1) is 0 Å².